The molecule has 0 nitrogen and oxygen atoms in total. The van der Waals surface area contributed by atoms with E-state index in [1.54, 1.807) is 0 Å². The molecular weight excluding hydrogens is 307 g/mol. The predicted molar refractivity (Wildman–Crippen MR) is 48.0 cm³/mol. The van der Waals surface area contributed by atoms with Gasteiger partial charge in [-0.2, -0.15) is 0 Å². The van der Waals surface area contributed by atoms with Crippen molar-refractivity contribution >= 4 is 52.2 Å². The van der Waals surface area contributed by atoms with Gasteiger partial charge < -0.3 is 0 Å². The molecule has 4 heteroatoms. The predicted octanol–water partition coefficient (Wildman–Crippen LogP) is 3.87. The molecule has 0 saturated heterocycles. The van der Waals surface area contributed by atoms with E-state index in [9.17, 15) is 0 Å². The van der Waals surface area contributed by atoms with E-state index in [0.717, 1.165) is 11.0 Å². The van der Waals surface area contributed by atoms with Gasteiger partial charge in [0.05, 0.1) is 0 Å². The van der Waals surface area contributed by atoms with Crippen molar-refractivity contribution in [3.05, 3.63) is 0 Å². The first-order valence-corrected chi connectivity index (χ1v) is 8.42. The van der Waals surface area contributed by atoms with E-state index in [-0.39, 0.29) is 5.33 Å². The molecule has 0 spiro atoms. The highest BCUT2D eigenvalue weighted by molar-refractivity contribution is 9.69. The van der Waals surface area contributed by atoms with Crippen LogP contribution in [0.4, 0.5) is 0 Å². The first-order chi connectivity index (χ1) is 3.18. The van der Waals surface area contributed by atoms with Gasteiger partial charge in [-0.05, 0) is 31.0 Å². The minimum atomic E-state index is -0.0837. The highest BCUT2D eigenvalue weighted by Crippen LogP contribution is 2.56. The van der Waals surface area contributed by atoms with Gasteiger partial charge in [0, 0.05) is 16.3 Å². The molecule has 0 bridgehead atoms. The lowest BCUT2D eigenvalue weighted by molar-refractivity contribution is 1.14. The maximum atomic E-state index is 3.45. The van der Waals surface area contributed by atoms with Gasteiger partial charge in [-0.25, -0.2) is 0 Å². The molecule has 0 aromatic carbocycles. The Morgan fingerprint density at radius 1 is 1.57 bits per heavy atom. The van der Waals surface area contributed by atoms with Crippen LogP contribution in [0, 0.1) is 0 Å². The molecule has 0 rings (SSSR count). The summed E-state index contributed by atoms with van der Waals surface area (Å²) in [6.45, 7) is 2.18. The van der Waals surface area contributed by atoms with E-state index in [2.05, 4.69) is 53.8 Å². The van der Waals surface area contributed by atoms with E-state index in [1.165, 1.54) is 0 Å². The molecule has 0 aromatic heterocycles. The molecule has 44 valence electrons. The van der Waals surface area contributed by atoms with E-state index < -0.39 is 0 Å². The van der Waals surface area contributed by atoms with E-state index in [1.807, 2.05) is 0 Å². The van der Waals surface area contributed by atoms with Crippen LogP contribution in [0.15, 0.2) is 0 Å². The molecule has 0 radical (unpaired) electrons. The number of alkyl halides is 1. The Bertz CT molecular complexity index is 47.4. The minimum absolute atomic E-state index is 0.0837. The lowest BCUT2D eigenvalue weighted by atomic mass is 10.6. The summed E-state index contributed by atoms with van der Waals surface area (Å²) >= 11 is 10.3. The normalized spacial score (nSPS) is 15.0. The monoisotopic (exact) mass is 310 g/mol. The maximum absolute atomic E-state index is 3.45. The van der Waals surface area contributed by atoms with Crippen molar-refractivity contribution < 1.29 is 0 Å². The molecule has 0 aliphatic heterocycles. The topological polar surface area (TPSA) is 0 Å². The van der Waals surface area contributed by atoms with Crippen LogP contribution in [0.1, 0.15) is 6.92 Å². The Labute approximate surface area is 69.8 Å². The van der Waals surface area contributed by atoms with Gasteiger partial charge >= 0.3 is 0 Å². The zero-order chi connectivity index (χ0) is 5.86. The van der Waals surface area contributed by atoms with E-state index in [0.29, 0.717) is 0 Å². The summed E-state index contributed by atoms with van der Waals surface area (Å²) in [5.41, 5.74) is 0.718. The minimum Gasteiger partial charge on any atom is -0.0921 e. The third kappa shape index (κ3) is 4.38. The molecule has 0 aliphatic carbocycles. The summed E-state index contributed by atoms with van der Waals surface area (Å²) in [4.78, 5) is 0. The highest BCUT2D eigenvalue weighted by atomic mass is 79.9. The van der Waals surface area contributed by atoms with Crippen molar-refractivity contribution in [3.63, 3.8) is 0 Å². The van der Waals surface area contributed by atoms with Gasteiger partial charge in [0.2, 0.25) is 0 Å². The van der Waals surface area contributed by atoms with Crippen LogP contribution in [0.3, 0.4) is 0 Å². The lowest BCUT2D eigenvalue weighted by Crippen LogP contribution is -1.92. The van der Waals surface area contributed by atoms with E-state index in [4.69, 9.17) is 0 Å². The maximum Gasteiger partial charge on any atom is 0.0383 e. The summed E-state index contributed by atoms with van der Waals surface area (Å²) in [5.74, 6) is 0. The van der Waals surface area contributed by atoms with Crippen molar-refractivity contribution in [1.29, 1.82) is 0 Å². The fourth-order valence-corrected chi connectivity index (χ4v) is 4.23. The van der Waals surface area contributed by atoms with Gasteiger partial charge in [0.25, 0.3) is 0 Å². The van der Waals surface area contributed by atoms with Crippen LogP contribution in [0.5, 0.6) is 0 Å². The van der Waals surface area contributed by atoms with Crippen LogP contribution < -0.4 is 0 Å². The zero-order valence-electron chi connectivity index (χ0n) is 3.87. The van der Waals surface area contributed by atoms with Crippen LogP contribution in [0.2, 0.25) is 0 Å². The molecule has 0 fully saturated rings. The first-order valence-electron chi connectivity index (χ1n) is 1.85. The molecule has 0 heterocycles. The zero-order valence-corrected chi connectivity index (χ0v) is 9.52. The Kier molecular flexibility index (Phi) is 5.98. The lowest BCUT2D eigenvalue weighted by Gasteiger charge is -2.05. The second-order valence-corrected chi connectivity index (χ2v) is 10.7. The van der Waals surface area contributed by atoms with Crippen LogP contribution in [-0.4, -0.2) is 11.0 Å². The van der Waals surface area contributed by atoms with Gasteiger partial charge in [0.15, 0.2) is 0 Å². The third-order valence-electron chi connectivity index (χ3n) is 0.557. The Balaban J connectivity index is 3.14. The van der Waals surface area contributed by atoms with Crippen molar-refractivity contribution in [2.24, 2.45) is 0 Å². The van der Waals surface area contributed by atoms with Crippen molar-refractivity contribution in [3.8, 4) is 0 Å². The molecule has 1 atom stereocenters. The molecule has 0 aromatic rings. The molecular formula is C3H6Br3P. The number of hydrogen-bond donors (Lipinski definition) is 0. The van der Waals surface area contributed by atoms with Gasteiger partial charge in [-0.1, -0.05) is 22.9 Å². The highest BCUT2D eigenvalue weighted by Gasteiger charge is 2.06. The molecule has 1 unspecified atom stereocenters. The summed E-state index contributed by atoms with van der Waals surface area (Å²) in [6, 6.07) is 0. The first kappa shape index (κ1) is 8.87. The largest absolute Gasteiger partial charge is 0.0921 e. The third-order valence-corrected chi connectivity index (χ3v) is 7.07. The van der Waals surface area contributed by atoms with Crippen molar-refractivity contribution in [2.45, 2.75) is 12.6 Å². The van der Waals surface area contributed by atoms with Crippen molar-refractivity contribution in [2.75, 3.05) is 5.33 Å². The quantitative estimate of drug-likeness (QED) is 0.536. The average Bonchev–Trinajstić information content (AvgIpc) is 1.65. The summed E-state index contributed by atoms with van der Waals surface area (Å²) in [5, 5.41) is 0.981. The van der Waals surface area contributed by atoms with Gasteiger partial charge in [-0.3, -0.25) is 0 Å². The van der Waals surface area contributed by atoms with Gasteiger partial charge in [-0.15, -0.1) is 0 Å². The molecule has 0 amide bonds. The fourth-order valence-electron chi connectivity index (χ4n) is 0.0522. The number of hydrogen-bond acceptors (Lipinski definition) is 0. The van der Waals surface area contributed by atoms with E-state index >= 15 is 0 Å². The molecule has 0 saturated carbocycles. The smallest absolute Gasteiger partial charge is 0.0383 e. The Morgan fingerprint density at radius 2 is 2.00 bits per heavy atom. The van der Waals surface area contributed by atoms with Crippen LogP contribution >= 0.6 is 52.2 Å². The summed E-state index contributed by atoms with van der Waals surface area (Å²) < 4.78 is 0. The molecule has 0 aliphatic rings. The van der Waals surface area contributed by atoms with Gasteiger partial charge in [0.1, 0.15) is 0 Å². The molecule has 0 N–H and O–H groups in total. The van der Waals surface area contributed by atoms with Crippen LogP contribution in [-0.2, 0) is 0 Å². The second-order valence-electron chi connectivity index (χ2n) is 1.26. The summed E-state index contributed by atoms with van der Waals surface area (Å²) in [6.07, 6.45) is 0. The fraction of sp³-hybridized carbons (Fsp3) is 1.00. The number of rotatable bonds is 2. The summed E-state index contributed by atoms with van der Waals surface area (Å²) in [7, 11) is 0. The number of halogens is 3. The standard InChI is InChI=1S/C3H6Br3P/c1-3(2-4)7(5)6/h3H,2H2,1H3. The molecule has 7 heavy (non-hydrogen) atoms. The average molecular weight is 313 g/mol. The SMILES string of the molecule is CC(CBr)P(Br)Br. The Morgan fingerprint density at radius 3 is 2.00 bits per heavy atom. The van der Waals surface area contributed by atoms with Crippen molar-refractivity contribution in [1.82, 2.24) is 0 Å². The van der Waals surface area contributed by atoms with Crippen LogP contribution in [0.25, 0.3) is 0 Å². The Hall–Kier alpha value is 1.87. The second kappa shape index (κ2) is 4.72.